The third kappa shape index (κ3) is 2.98. The van der Waals surface area contributed by atoms with E-state index in [4.69, 9.17) is 4.98 Å². The molecule has 1 fully saturated rings. The third-order valence-electron chi connectivity index (χ3n) is 5.09. The number of hydrogen-bond acceptors (Lipinski definition) is 7. The molecule has 1 aliphatic heterocycles. The van der Waals surface area contributed by atoms with E-state index in [1.807, 2.05) is 7.05 Å². The maximum Gasteiger partial charge on any atom is 0.341 e. The Kier molecular flexibility index (Phi) is 4.20. The molecule has 0 saturated carbocycles. The van der Waals surface area contributed by atoms with Gasteiger partial charge in [-0.05, 0) is 32.5 Å². The number of nitrogens with one attached hydrogen (secondary N) is 1. The Morgan fingerprint density at radius 1 is 1.41 bits per heavy atom. The normalized spacial score (nSPS) is 19.7. The first-order valence-electron chi connectivity index (χ1n) is 8.55. The fourth-order valence-electron chi connectivity index (χ4n) is 3.36. The van der Waals surface area contributed by atoms with Crippen LogP contribution in [0.3, 0.4) is 0 Å². The molecular formula is C18H19N5O3S. The minimum Gasteiger partial charge on any atom is -0.477 e. The second-order valence-corrected chi connectivity index (χ2v) is 7.76. The van der Waals surface area contributed by atoms with Gasteiger partial charge < -0.3 is 15.3 Å². The minimum atomic E-state index is -1.26. The van der Waals surface area contributed by atoms with Crippen LogP contribution < -0.4 is 15.6 Å². The summed E-state index contributed by atoms with van der Waals surface area (Å²) in [6, 6.07) is 3.44. The van der Waals surface area contributed by atoms with Gasteiger partial charge in [-0.2, -0.15) is 0 Å². The highest BCUT2D eigenvalue weighted by Crippen LogP contribution is 2.27. The first kappa shape index (κ1) is 17.6. The van der Waals surface area contributed by atoms with E-state index < -0.39 is 11.4 Å². The van der Waals surface area contributed by atoms with E-state index in [9.17, 15) is 14.7 Å². The molecular weight excluding hydrogens is 366 g/mol. The number of hydrogen-bond donors (Lipinski definition) is 2. The van der Waals surface area contributed by atoms with Gasteiger partial charge in [0.1, 0.15) is 11.4 Å². The number of carboxylic acid groups (broad SMARTS) is 1. The number of nitrogens with zero attached hydrogens (tertiary/aromatic N) is 4. The summed E-state index contributed by atoms with van der Waals surface area (Å²) < 4.78 is 1.59. The van der Waals surface area contributed by atoms with Gasteiger partial charge >= 0.3 is 5.97 Å². The van der Waals surface area contributed by atoms with Crippen molar-refractivity contribution in [3.05, 3.63) is 45.7 Å². The zero-order valence-corrected chi connectivity index (χ0v) is 15.8. The Bertz CT molecular complexity index is 1080. The van der Waals surface area contributed by atoms with E-state index in [0.717, 1.165) is 25.3 Å². The highest BCUT2D eigenvalue weighted by molar-refractivity contribution is 7.12. The van der Waals surface area contributed by atoms with Crippen LogP contribution in [0.2, 0.25) is 0 Å². The van der Waals surface area contributed by atoms with Gasteiger partial charge in [0.05, 0.1) is 5.39 Å². The second-order valence-electron chi connectivity index (χ2n) is 6.88. The summed E-state index contributed by atoms with van der Waals surface area (Å²) in [6.45, 7) is 3.82. The van der Waals surface area contributed by atoms with Crippen molar-refractivity contribution in [2.75, 3.05) is 25.0 Å². The maximum absolute atomic E-state index is 12.6. The topological polar surface area (TPSA) is 100 Å². The van der Waals surface area contributed by atoms with Crippen LogP contribution in [0.15, 0.2) is 34.7 Å². The quantitative estimate of drug-likeness (QED) is 0.705. The van der Waals surface area contributed by atoms with Crippen LogP contribution in [0.5, 0.6) is 0 Å². The average molecular weight is 385 g/mol. The van der Waals surface area contributed by atoms with Gasteiger partial charge in [-0.25, -0.2) is 14.8 Å². The number of fused-ring (bicyclic) bond motifs is 1. The number of pyridine rings is 2. The van der Waals surface area contributed by atoms with Gasteiger partial charge in [-0.1, -0.05) is 0 Å². The van der Waals surface area contributed by atoms with Crippen molar-refractivity contribution in [2.24, 2.45) is 0 Å². The summed E-state index contributed by atoms with van der Waals surface area (Å²) in [6.07, 6.45) is 3.93. The lowest BCUT2D eigenvalue weighted by Gasteiger charge is -2.24. The average Bonchev–Trinajstić information content (AvgIpc) is 3.32. The Morgan fingerprint density at radius 3 is 2.85 bits per heavy atom. The number of rotatable bonds is 4. The largest absolute Gasteiger partial charge is 0.477 e. The molecule has 0 spiro atoms. The number of aromatic carboxylic acids is 1. The Balaban J connectivity index is 1.90. The van der Waals surface area contributed by atoms with E-state index in [-0.39, 0.29) is 16.5 Å². The molecule has 4 heterocycles. The molecule has 0 radical (unpaired) electrons. The Morgan fingerprint density at radius 2 is 2.22 bits per heavy atom. The van der Waals surface area contributed by atoms with Crippen molar-refractivity contribution < 1.29 is 9.90 Å². The van der Waals surface area contributed by atoms with Crippen molar-refractivity contribution in [1.82, 2.24) is 19.9 Å². The monoisotopic (exact) mass is 385 g/mol. The van der Waals surface area contributed by atoms with Crippen molar-refractivity contribution in [1.29, 1.82) is 0 Å². The minimum absolute atomic E-state index is 0.0127. The maximum atomic E-state index is 12.6. The van der Waals surface area contributed by atoms with Crippen LogP contribution >= 0.6 is 11.3 Å². The standard InChI is InChI=1S/C18H19N5O3S/c1-18(19-2)5-7-22(10-18)13-4-3-11-14(24)12(16(25)26)9-23(15(11)21-13)17-20-6-8-27-17/h3-4,6,8-9,19H,5,7,10H2,1-2H3,(H,25,26). The summed E-state index contributed by atoms with van der Waals surface area (Å²) in [4.78, 5) is 35.2. The number of thiazole rings is 1. The fourth-order valence-corrected chi connectivity index (χ4v) is 3.98. The molecule has 8 nitrogen and oxygen atoms in total. The SMILES string of the molecule is CNC1(C)CCN(c2ccc3c(=O)c(C(=O)O)cn(-c4nccs4)c3n2)C1. The molecule has 1 unspecified atom stereocenters. The van der Waals surface area contributed by atoms with Gasteiger partial charge in [-0.3, -0.25) is 9.36 Å². The highest BCUT2D eigenvalue weighted by Gasteiger charge is 2.33. The van der Waals surface area contributed by atoms with Gasteiger partial charge in [-0.15, -0.1) is 11.3 Å². The molecule has 1 atom stereocenters. The molecule has 0 aliphatic carbocycles. The van der Waals surface area contributed by atoms with Crippen LogP contribution in [0.4, 0.5) is 5.82 Å². The Hall–Kier alpha value is -2.78. The second kappa shape index (κ2) is 6.43. The molecule has 1 saturated heterocycles. The number of anilines is 1. The van der Waals surface area contributed by atoms with Crippen LogP contribution in [0, 0.1) is 0 Å². The van der Waals surface area contributed by atoms with Crippen LogP contribution in [-0.4, -0.2) is 51.3 Å². The zero-order valence-electron chi connectivity index (χ0n) is 15.0. The van der Waals surface area contributed by atoms with Crippen molar-refractivity contribution >= 4 is 34.2 Å². The molecule has 0 amide bonds. The molecule has 3 aromatic rings. The summed E-state index contributed by atoms with van der Waals surface area (Å²) in [5.41, 5.74) is -0.406. The van der Waals surface area contributed by atoms with Crippen LogP contribution in [0.1, 0.15) is 23.7 Å². The van der Waals surface area contributed by atoms with Gasteiger partial charge in [0.25, 0.3) is 0 Å². The van der Waals surface area contributed by atoms with Crippen molar-refractivity contribution in [3.8, 4) is 5.13 Å². The number of carboxylic acids is 1. The molecule has 27 heavy (non-hydrogen) atoms. The van der Waals surface area contributed by atoms with Gasteiger partial charge in [0, 0.05) is 36.4 Å². The number of aromatic nitrogens is 3. The van der Waals surface area contributed by atoms with Crippen LogP contribution in [-0.2, 0) is 0 Å². The summed E-state index contributed by atoms with van der Waals surface area (Å²) in [7, 11) is 1.95. The predicted molar refractivity (Wildman–Crippen MR) is 104 cm³/mol. The highest BCUT2D eigenvalue weighted by atomic mass is 32.1. The molecule has 3 aromatic heterocycles. The van der Waals surface area contributed by atoms with E-state index in [2.05, 4.69) is 22.1 Å². The van der Waals surface area contributed by atoms with Gasteiger partial charge in [0.2, 0.25) is 5.43 Å². The van der Waals surface area contributed by atoms with E-state index in [1.165, 1.54) is 17.5 Å². The molecule has 0 aromatic carbocycles. The van der Waals surface area contributed by atoms with E-state index >= 15 is 0 Å². The summed E-state index contributed by atoms with van der Waals surface area (Å²) >= 11 is 1.35. The lowest BCUT2D eigenvalue weighted by atomic mass is 10.0. The van der Waals surface area contributed by atoms with E-state index in [1.54, 1.807) is 28.3 Å². The molecule has 0 bridgehead atoms. The smallest absolute Gasteiger partial charge is 0.341 e. The number of carbonyl (C=O) groups is 1. The number of likely N-dealkylation sites (N-methyl/N-ethyl adjacent to an activating group) is 1. The molecule has 9 heteroatoms. The van der Waals surface area contributed by atoms with Crippen molar-refractivity contribution in [2.45, 2.75) is 18.9 Å². The van der Waals surface area contributed by atoms with Crippen molar-refractivity contribution in [3.63, 3.8) is 0 Å². The predicted octanol–water partition coefficient (Wildman–Crippen LogP) is 1.73. The fraction of sp³-hybridized carbons (Fsp3) is 0.333. The lowest BCUT2D eigenvalue weighted by Crippen LogP contribution is -2.42. The first-order chi connectivity index (χ1) is 12.9. The molecule has 2 N–H and O–H groups in total. The Labute approximate surface area is 159 Å². The molecule has 4 rings (SSSR count). The third-order valence-corrected chi connectivity index (χ3v) is 5.86. The molecule has 140 valence electrons. The zero-order chi connectivity index (χ0) is 19.2. The van der Waals surface area contributed by atoms with E-state index in [0.29, 0.717) is 10.8 Å². The van der Waals surface area contributed by atoms with Crippen LogP contribution in [0.25, 0.3) is 16.2 Å². The van der Waals surface area contributed by atoms with Gasteiger partial charge in [0.15, 0.2) is 10.8 Å². The molecule has 1 aliphatic rings. The summed E-state index contributed by atoms with van der Waals surface area (Å²) in [5.74, 6) is -0.505. The summed E-state index contributed by atoms with van der Waals surface area (Å²) in [5, 5.41) is 15.4. The lowest BCUT2D eigenvalue weighted by molar-refractivity contribution is 0.0695. The first-order valence-corrected chi connectivity index (χ1v) is 9.43.